The third kappa shape index (κ3) is 6.63. The molecule has 216 valence electrons. The average Bonchev–Trinajstić information content (AvgIpc) is 3.67. The summed E-state index contributed by atoms with van der Waals surface area (Å²) in [6.45, 7) is 0.703. The first-order valence-electron chi connectivity index (χ1n) is 13.3. The summed E-state index contributed by atoms with van der Waals surface area (Å²) < 4.78 is 6.20. The number of methoxy groups -OCH3 is 1. The first kappa shape index (κ1) is 28.5. The summed E-state index contributed by atoms with van der Waals surface area (Å²) in [4.78, 5) is 32.9. The first-order chi connectivity index (χ1) is 20.4. The number of rotatable bonds is 6. The molecule has 0 spiro atoms. The van der Waals surface area contributed by atoms with E-state index in [1.54, 1.807) is 30.3 Å². The molecule has 42 heavy (non-hydrogen) atoms. The van der Waals surface area contributed by atoms with Crippen LogP contribution in [-0.2, 0) is 9.53 Å². The monoisotopic (exact) mass is 588 g/mol. The molecule has 3 heterocycles. The fraction of sp³-hybridized carbons (Fsp3) is 0.250. The molecular weight excluding hydrogens is 560 g/mol. The summed E-state index contributed by atoms with van der Waals surface area (Å²) in [6.07, 6.45) is 8.53. The largest absolute Gasteiger partial charge is 0.453 e. The smallest absolute Gasteiger partial charge is 0.411 e. The Hall–Kier alpha value is -5.04. The maximum atomic E-state index is 13.1. The highest BCUT2D eigenvalue weighted by atomic mass is 35.5. The number of anilines is 2. The molecule has 0 unspecified atom stereocenters. The van der Waals surface area contributed by atoms with E-state index in [2.05, 4.69) is 36.5 Å². The number of carbonyl (C=O) groups is 2. The Kier molecular flexibility index (Phi) is 8.87. The number of amides is 2. The fourth-order valence-corrected chi connectivity index (χ4v) is 4.88. The number of nitrogens with one attached hydrogen (secondary N) is 5. The van der Waals surface area contributed by atoms with Gasteiger partial charge in [0.1, 0.15) is 12.2 Å². The van der Waals surface area contributed by atoms with Gasteiger partial charge in [0.2, 0.25) is 5.91 Å². The number of hydrogen-bond acceptors (Lipinski definition) is 9. The number of aromatic nitrogens is 6. The molecule has 0 fully saturated rings. The number of imidazole rings is 1. The number of fused-ring (bicyclic) bond motifs is 4. The Balaban J connectivity index is 1.42. The minimum Gasteiger partial charge on any atom is -0.453 e. The SMILES string of the molecule is COC(=O)Nc1ccc2c(c1)NCCCCC[C@H](NC(=O)/C=C/c1cc(Cl)ccc1-n1cnnn1)c1nc-2c(C=N)[nH]1. The van der Waals surface area contributed by atoms with Gasteiger partial charge in [-0.2, -0.15) is 4.68 Å². The molecule has 2 aromatic heterocycles. The Morgan fingerprint density at radius 3 is 2.86 bits per heavy atom. The number of ether oxygens (including phenoxy) is 1. The van der Waals surface area contributed by atoms with E-state index in [1.807, 2.05) is 12.1 Å². The van der Waals surface area contributed by atoms with Crippen molar-refractivity contribution in [3.63, 3.8) is 0 Å². The highest BCUT2D eigenvalue weighted by molar-refractivity contribution is 6.30. The molecule has 1 atom stereocenters. The van der Waals surface area contributed by atoms with Gasteiger partial charge in [-0.05, 0) is 65.7 Å². The van der Waals surface area contributed by atoms with Crippen LogP contribution >= 0.6 is 11.6 Å². The van der Waals surface area contributed by atoms with E-state index in [4.69, 9.17) is 26.7 Å². The number of nitrogens with zero attached hydrogens (tertiary/aromatic N) is 5. The van der Waals surface area contributed by atoms with Crippen molar-refractivity contribution in [2.75, 3.05) is 24.3 Å². The van der Waals surface area contributed by atoms with Crippen molar-refractivity contribution in [1.82, 2.24) is 35.5 Å². The Morgan fingerprint density at radius 1 is 1.19 bits per heavy atom. The minimum absolute atomic E-state index is 0.315. The zero-order chi connectivity index (χ0) is 29.5. The summed E-state index contributed by atoms with van der Waals surface area (Å²) in [5.41, 5.74) is 4.48. The minimum atomic E-state index is -0.569. The molecule has 1 aliphatic rings. The molecule has 5 rings (SSSR count). The molecule has 0 radical (unpaired) electrons. The van der Waals surface area contributed by atoms with Crippen LogP contribution in [0, 0.1) is 5.41 Å². The third-order valence-electron chi connectivity index (χ3n) is 6.73. The van der Waals surface area contributed by atoms with Gasteiger partial charge in [0, 0.05) is 46.4 Å². The number of aromatic amines is 1. The first-order valence-corrected chi connectivity index (χ1v) is 13.7. The normalized spacial score (nSPS) is 15.0. The lowest BCUT2D eigenvalue weighted by Crippen LogP contribution is -2.28. The molecule has 1 aliphatic heterocycles. The van der Waals surface area contributed by atoms with Crippen molar-refractivity contribution in [3.8, 4) is 16.9 Å². The van der Waals surface area contributed by atoms with Gasteiger partial charge in [-0.15, -0.1) is 5.10 Å². The van der Waals surface area contributed by atoms with E-state index < -0.39 is 12.1 Å². The fourth-order valence-electron chi connectivity index (χ4n) is 4.70. The summed E-state index contributed by atoms with van der Waals surface area (Å²) in [7, 11) is 1.30. The lowest BCUT2D eigenvalue weighted by Gasteiger charge is -2.17. The van der Waals surface area contributed by atoms with E-state index in [0.717, 1.165) is 30.5 Å². The van der Waals surface area contributed by atoms with Crippen LogP contribution in [0.15, 0.2) is 48.8 Å². The lowest BCUT2D eigenvalue weighted by atomic mass is 10.0. The average molecular weight is 589 g/mol. The Bertz CT molecular complexity index is 1620. The third-order valence-corrected chi connectivity index (χ3v) is 6.97. The maximum Gasteiger partial charge on any atom is 0.411 e. The van der Waals surface area contributed by atoms with E-state index in [-0.39, 0.29) is 5.91 Å². The molecular formula is C28H29ClN10O3. The van der Waals surface area contributed by atoms with Gasteiger partial charge in [-0.25, -0.2) is 9.78 Å². The molecule has 5 N–H and O–H groups in total. The van der Waals surface area contributed by atoms with Crippen LogP contribution in [0.4, 0.5) is 16.2 Å². The maximum absolute atomic E-state index is 13.1. The number of benzene rings is 2. The van der Waals surface area contributed by atoms with E-state index in [0.29, 0.717) is 52.1 Å². The van der Waals surface area contributed by atoms with Crippen molar-refractivity contribution < 1.29 is 14.3 Å². The predicted octanol–water partition coefficient (Wildman–Crippen LogP) is 4.74. The molecule has 2 bridgehead atoms. The van der Waals surface area contributed by atoms with Crippen LogP contribution in [0.3, 0.4) is 0 Å². The van der Waals surface area contributed by atoms with E-state index in [9.17, 15) is 9.59 Å². The van der Waals surface area contributed by atoms with Crippen LogP contribution in [0.25, 0.3) is 23.0 Å². The summed E-state index contributed by atoms with van der Waals surface area (Å²) in [6, 6.07) is 10.2. The Labute approximate surface area is 246 Å². The van der Waals surface area contributed by atoms with Crippen LogP contribution in [-0.4, -0.2) is 62.0 Å². The van der Waals surface area contributed by atoms with Gasteiger partial charge in [-0.1, -0.05) is 24.4 Å². The van der Waals surface area contributed by atoms with Gasteiger partial charge in [0.15, 0.2) is 0 Å². The topological polar surface area (TPSA) is 176 Å². The van der Waals surface area contributed by atoms with Gasteiger partial charge in [-0.3, -0.25) is 10.1 Å². The Morgan fingerprint density at radius 2 is 2.07 bits per heavy atom. The molecule has 14 heteroatoms. The highest BCUT2D eigenvalue weighted by Crippen LogP contribution is 2.33. The second-order valence-corrected chi connectivity index (χ2v) is 9.97. The highest BCUT2D eigenvalue weighted by Gasteiger charge is 2.22. The van der Waals surface area contributed by atoms with Crippen molar-refractivity contribution in [2.45, 2.75) is 31.7 Å². The van der Waals surface area contributed by atoms with Crippen LogP contribution in [0.2, 0.25) is 5.02 Å². The number of hydrogen-bond donors (Lipinski definition) is 5. The second kappa shape index (κ2) is 13.1. The van der Waals surface area contributed by atoms with Crippen molar-refractivity contribution in [3.05, 3.63) is 70.9 Å². The van der Waals surface area contributed by atoms with E-state index >= 15 is 0 Å². The number of carbonyl (C=O) groups excluding carboxylic acids is 2. The summed E-state index contributed by atoms with van der Waals surface area (Å²) in [5, 5.41) is 29.0. The quantitative estimate of drug-likeness (QED) is 0.158. The molecule has 13 nitrogen and oxygen atoms in total. The van der Waals surface area contributed by atoms with E-state index in [1.165, 1.54) is 30.4 Å². The molecule has 0 aliphatic carbocycles. The summed E-state index contributed by atoms with van der Waals surface area (Å²) in [5.74, 6) is 0.232. The van der Waals surface area contributed by atoms with Crippen LogP contribution in [0.5, 0.6) is 0 Å². The summed E-state index contributed by atoms with van der Waals surface area (Å²) >= 11 is 6.21. The lowest BCUT2D eigenvalue weighted by molar-refractivity contribution is -0.117. The van der Waals surface area contributed by atoms with Crippen molar-refractivity contribution in [1.29, 1.82) is 5.41 Å². The zero-order valence-corrected chi connectivity index (χ0v) is 23.5. The molecule has 0 saturated carbocycles. The number of H-pyrrole nitrogens is 1. The van der Waals surface area contributed by atoms with Gasteiger partial charge < -0.3 is 25.8 Å². The van der Waals surface area contributed by atoms with Gasteiger partial charge >= 0.3 is 6.09 Å². The predicted molar refractivity (Wildman–Crippen MR) is 159 cm³/mol. The van der Waals surface area contributed by atoms with Crippen molar-refractivity contribution >= 4 is 47.3 Å². The molecule has 2 aromatic carbocycles. The molecule has 2 amide bonds. The zero-order valence-electron chi connectivity index (χ0n) is 22.7. The van der Waals surface area contributed by atoms with Crippen LogP contribution < -0.4 is 16.0 Å². The molecule has 0 saturated heterocycles. The number of halogens is 1. The number of tetrazole rings is 1. The van der Waals surface area contributed by atoms with Gasteiger partial charge in [0.05, 0.1) is 30.2 Å². The van der Waals surface area contributed by atoms with Crippen LogP contribution in [0.1, 0.15) is 48.8 Å². The van der Waals surface area contributed by atoms with Crippen molar-refractivity contribution in [2.24, 2.45) is 0 Å². The standard InChI is InChI=1S/C28H29ClN10O3/c1-42-28(41)33-19-8-9-20-22(14-19)31-12-4-2-3-5-21(27-35-23(15-30)26(20)36-27)34-25(40)11-6-17-13-18(29)7-10-24(17)39-16-32-37-38-39/h6-11,13-16,21,30-31H,2-5,12H2,1H3,(H,33,41)(H,34,40)(H,35,36)/b11-6+,30-15?/t21-/m0/s1. The van der Waals surface area contributed by atoms with Gasteiger partial charge in [0.25, 0.3) is 0 Å². The molecule has 4 aromatic rings. The second-order valence-electron chi connectivity index (χ2n) is 9.53.